The van der Waals surface area contributed by atoms with Crippen molar-refractivity contribution in [3.05, 3.63) is 29.8 Å². The van der Waals surface area contributed by atoms with Gasteiger partial charge in [0.1, 0.15) is 5.75 Å². The minimum Gasteiger partial charge on any atom is -0.508 e. The predicted octanol–water partition coefficient (Wildman–Crippen LogP) is 4.71. The van der Waals surface area contributed by atoms with Crippen LogP contribution in [0.15, 0.2) is 24.3 Å². The Labute approximate surface area is 142 Å². The van der Waals surface area contributed by atoms with Crippen LogP contribution in [0.3, 0.4) is 0 Å². The van der Waals surface area contributed by atoms with Crippen molar-refractivity contribution in [3.8, 4) is 5.75 Å². The second-order valence-electron chi connectivity index (χ2n) is 5.89. The number of para-hydroxylation sites is 1. The Morgan fingerprint density at radius 1 is 0.913 bits per heavy atom. The minimum atomic E-state index is -2.74. The molecule has 23 heavy (non-hydrogen) atoms. The van der Waals surface area contributed by atoms with Gasteiger partial charge < -0.3 is 18.4 Å². The molecule has 0 bridgehead atoms. The third-order valence-corrected chi connectivity index (χ3v) is 6.65. The molecule has 0 fully saturated rings. The largest absolute Gasteiger partial charge is 0.508 e. The van der Waals surface area contributed by atoms with Crippen molar-refractivity contribution in [2.45, 2.75) is 58.9 Å². The Morgan fingerprint density at radius 2 is 1.39 bits per heavy atom. The first-order valence-corrected chi connectivity index (χ1v) is 10.7. The number of phenols is 1. The third kappa shape index (κ3) is 6.63. The number of rotatable bonds is 12. The summed E-state index contributed by atoms with van der Waals surface area (Å²) in [5, 5.41) is 10.1. The minimum absolute atomic E-state index is 0.119. The highest BCUT2D eigenvalue weighted by Crippen LogP contribution is 2.33. The fourth-order valence-electron chi connectivity index (χ4n) is 2.46. The summed E-state index contributed by atoms with van der Waals surface area (Å²) in [4.78, 5) is 0. The molecule has 0 aliphatic carbocycles. The summed E-state index contributed by atoms with van der Waals surface area (Å²) < 4.78 is 18.4. The fourth-order valence-corrected chi connectivity index (χ4v) is 5.58. The van der Waals surface area contributed by atoms with Gasteiger partial charge in [-0.15, -0.1) is 0 Å². The number of hydrogen-bond donors (Lipinski definition) is 1. The van der Waals surface area contributed by atoms with Crippen molar-refractivity contribution < 1.29 is 18.4 Å². The molecule has 0 amide bonds. The van der Waals surface area contributed by atoms with E-state index in [0.717, 1.165) is 24.8 Å². The smallest absolute Gasteiger partial charge is 0.501 e. The molecule has 0 aliphatic heterocycles. The molecule has 1 aromatic rings. The normalized spacial score (nSPS) is 13.2. The van der Waals surface area contributed by atoms with Crippen LogP contribution < -0.4 is 0 Å². The van der Waals surface area contributed by atoms with Crippen molar-refractivity contribution in [2.24, 2.45) is 0 Å². The van der Waals surface area contributed by atoms with E-state index in [2.05, 4.69) is 27.7 Å². The summed E-state index contributed by atoms with van der Waals surface area (Å²) in [6.45, 7) is 10.3. The van der Waals surface area contributed by atoms with Crippen LogP contribution in [-0.4, -0.2) is 33.7 Å². The maximum Gasteiger partial charge on any atom is 0.501 e. The van der Waals surface area contributed by atoms with Crippen LogP contribution >= 0.6 is 0 Å². The van der Waals surface area contributed by atoms with E-state index in [4.69, 9.17) is 13.3 Å². The highest BCUT2D eigenvalue weighted by molar-refractivity contribution is 6.60. The molecule has 0 saturated carbocycles. The predicted molar refractivity (Wildman–Crippen MR) is 95.8 cm³/mol. The van der Waals surface area contributed by atoms with Gasteiger partial charge in [-0.05, 0) is 36.8 Å². The number of phenolic OH excluding ortho intramolecular Hbond substituents is 1. The Hall–Kier alpha value is -0.883. The molecule has 0 saturated heterocycles. The first kappa shape index (κ1) is 20.2. The molecule has 0 aromatic heterocycles. The molecule has 1 N–H and O–H groups in total. The Bertz CT molecular complexity index is 417. The SMILES string of the molecule is CCCO[Si](CC(C)c1ccccc1O)(OCCC)OCCC. The zero-order valence-corrected chi connectivity index (χ0v) is 16.0. The van der Waals surface area contributed by atoms with Gasteiger partial charge in [0, 0.05) is 25.9 Å². The van der Waals surface area contributed by atoms with Crippen molar-refractivity contribution >= 4 is 8.80 Å². The summed E-state index contributed by atoms with van der Waals surface area (Å²) in [6.07, 6.45) is 2.81. The summed E-state index contributed by atoms with van der Waals surface area (Å²) in [6, 6.07) is 8.15. The summed E-state index contributed by atoms with van der Waals surface area (Å²) in [5.41, 5.74) is 0.921. The maximum absolute atomic E-state index is 10.1. The Kier molecular flexibility index (Phi) is 9.48. The van der Waals surface area contributed by atoms with Gasteiger partial charge in [0.05, 0.1) is 0 Å². The van der Waals surface area contributed by atoms with E-state index in [1.807, 2.05) is 18.2 Å². The first-order valence-electron chi connectivity index (χ1n) is 8.78. The lowest BCUT2D eigenvalue weighted by molar-refractivity contribution is 0.0578. The first-order chi connectivity index (χ1) is 11.1. The zero-order valence-electron chi connectivity index (χ0n) is 15.0. The Morgan fingerprint density at radius 3 is 1.83 bits per heavy atom. The average Bonchev–Trinajstić information content (AvgIpc) is 2.56. The van der Waals surface area contributed by atoms with E-state index >= 15 is 0 Å². The number of hydrogen-bond acceptors (Lipinski definition) is 4. The lowest BCUT2D eigenvalue weighted by Crippen LogP contribution is -2.47. The van der Waals surface area contributed by atoms with Gasteiger partial charge in [-0.2, -0.15) is 0 Å². The molecule has 1 atom stereocenters. The van der Waals surface area contributed by atoms with Gasteiger partial charge in [0.15, 0.2) is 0 Å². The van der Waals surface area contributed by atoms with Crippen LogP contribution in [0.4, 0.5) is 0 Å². The van der Waals surface area contributed by atoms with Crippen molar-refractivity contribution in [1.29, 1.82) is 0 Å². The van der Waals surface area contributed by atoms with Crippen LogP contribution in [-0.2, 0) is 13.3 Å². The van der Waals surface area contributed by atoms with Gasteiger partial charge in [0.2, 0.25) is 0 Å². The van der Waals surface area contributed by atoms with Crippen molar-refractivity contribution in [1.82, 2.24) is 0 Å². The van der Waals surface area contributed by atoms with Gasteiger partial charge in [-0.25, -0.2) is 0 Å². The van der Waals surface area contributed by atoms with Crippen molar-refractivity contribution in [2.75, 3.05) is 19.8 Å². The third-order valence-electron chi connectivity index (χ3n) is 3.60. The molecule has 0 aliphatic rings. The molecule has 1 aromatic carbocycles. The highest BCUT2D eigenvalue weighted by atomic mass is 28.4. The van der Waals surface area contributed by atoms with E-state index in [0.29, 0.717) is 31.6 Å². The molecule has 1 rings (SSSR count). The number of benzene rings is 1. The molecular formula is C18H32O4Si. The lowest BCUT2D eigenvalue weighted by Gasteiger charge is -2.32. The molecular weight excluding hydrogens is 308 g/mol. The summed E-state index contributed by atoms with van der Waals surface area (Å²) in [7, 11) is -2.74. The number of aromatic hydroxyl groups is 1. The summed E-state index contributed by atoms with van der Waals surface area (Å²) in [5.74, 6) is 0.442. The van der Waals surface area contributed by atoms with Gasteiger partial charge in [0.25, 0.3) is 0 Å². The quantitative estimate of drug-likeness (QED) is 0.560. The van der Waals surface area contributed by atoms with Gasteiger partial charge in [-0.3, -0.25) is 0 Å². The van der Waals surface area contributed by atoms with Gasteiger partial charge in [-0.1, -0.05) is 45.9 Å². The fraction of sp³-hybridized carbons (Fsp3) is 0.667. The van der Waals surface area contributed by atoms with Crippen molar-refractivity contribution in [3.63, 3.8) is 0 Å². The van der Waals surface area contributed by atoms with E-state index in [-0.39, 0.29) is 5.92 Å². The maximum atomic E-state index is 10.1. The monoisotopic (exact) mass is 340 g/mol. The summed E-state index contributed by atoms with van der Waals surface area (Å²) >= 11 is 0. The van der Waals surface area contributed by atoms with E-state index in [1.165, 1.54) is 0 Å². The standard InChI is InChI=1S/C18H32O4Si/c1-5-12-20-23(21-13-6-2,22-14-7-3)15-16(4)17-10-8-9-11-18(17)19/h8-11,16,19H,5-7,12-15H2,1-4H3. The van der Waals surface area contributed by atoms with Crippen LogP contribution in [0.1, 0.15) is 58.4 Å². The van der Waals surface area contributed by atoms with Gasteiger partial charge >= 0.3 is 8.80 Å². The van der Waals surface area contributed by atoms with Crippen LogP contribution in [0.2, 0.25) is 6.04 Å². The molecule has 0 radical (unpaired) electrons. The molecule has 1 unspecified atom stereocenters. The second-order valence-corrected chi connectivity index (χ2v) is 8.53. The van der Waals surface area contributed by atoms with E-state index in [9.17, 15) is 5.11 Å². The Balaban J connectivity index is 2.93. The van der Waals surface area contributed by atoms with Crippen LogP contribution in [0.5, 0.6) is 5.75 Å². The lowest BCUT2D eigenvalue weighted by atomic mass is 10.0. The average molecular weight is 341 g/mol. The van der Waals surface area contributed by atoms with E-state index < -0.39 is 8.80 Å². The van der Waals surface area contributed by atoms with Crippen LogP contribution in [0.25, 0.3) is 0 Å². The topological polar surface area (TPSA) is 47.9 Å². The zero-order chi connectivity index (χ0) is 17.1. The second kappa shape index (κ2) is 10.8. The molecule has 0 heterocycles. The molecule has 132 valence electrons. The van der Waals surface area contributed by atoms with E-state index in [1.54, 1.807) is 6.07 Å². The van der Waals surface area contributed by atoms with Crippen LogP contribution in [0, 0.1) is 0 Å². The molecule has 0 spiro atoms. The highest BCUT2D eigenvalue weighted by Gasteiger charge is 2.43. The molecule has 4 nitrogen and oxygen atoms in total. The molecule has 5 heteroatoms.